The minimum Gasteiger partial charge on any atom is -0.447 e. The molecule has 0 amide bonds. The van der Waals surface area contributed by atoms with Gasteiger partial charge in [-0.25, -0.2) is 16.8 Å². The van der Waals surface area contributed by atoms with Crippen LogP contribution in [0.3, 0.4) is 0 Å². The molecule has 0 spiro atoms. The van der Waals surface area contributed by atoms with Gasteiger partial charge in [0.2, 0.25) is 5.94 Å². The SMILES string of the molecule is CC(C)(C)C(=O)OCS(=O)(=O)NS(=O)(=O)c1ccccc1. The summed E-state index contributed by atoms with van der Waals surface area (Å²) in [7, 11) is -8.55. The first kappa shape index (κ1) is 17.6. The Morgan fingerprint density at radius 3 is 2.10 bits per heavy atom. The van der Waals surface area contributed by atoms with Crippen LogP contribution in [-0.4, -0.2) is 28.7 Å². The predicted molar refractivity (Wildman–Crippen MR) is 76.1 cm³/mol. The van der Waals surface area contributed by atoms with E-state index in [1.54, 1.807) is 26.8 Å². The van der Waals surface area contributed by atoms with Crippen LogP contribution in [0.2, 0.25) is 0 Å². The normalized spacial score (nSPS) is 12.9. The summed E-state index contributed by atoms with van der Waals surface area (Å²) in [6, 6.07) is 7.01. The summed E-state index contributed by atoms with van der Waals surface area (Å²) in [5, 5.41) is 0. The summed E-state index contributed by atoms with van der Waals surface area (Å²) in [6.07, 6.45) is 0. The molecule has 0 aromatic heterocycles. The lowest BCUT2D eigenvalue weighted by Gasteiger charge is -2.16. The van der Waals surface area contributed by atoms with Gasteiger partial charge in [-0.2, -0.15) is 0 Å². The molecule has 9 heteroatoms. The maximum atomic E-state index is 11.9. The fourth-order valence-corrected chi connectivity index (χ4v) is 3.88. The quantitative estimate of drug-likeness (QED) is 0.799. The van der Waals surface area contributed by atoms with Crippen molar-refractivity contribution >= 4 is 26.0 Å². The van der Waals surface area contributed by atoms with E-state index in [-0.39, 0.29) is 4.90 Å². The van der Waals surface area contributed by atoms with Crippen molar-refractivity contribution in [1.82, 2.24) is 4.13 Å². The molecule has 118 valence electrons. The highest BCUT2D eigenvalue weighted by atomic mass is 32.3. The Morgan fingerprint density at radius 2 is 1.62 bits per heavy atom. The van der Waals surface area contributed by atoms with Crippen LogP contribution in [0.15, 0.2) is 35.2 Å². The average Bonchev–Trinajstić information content (AvgIpc) is 2.35. The van der Waals surface area contributed by atoms with E-state index in [2.05, 4.69) is 4.74 Å². The van der Waals surface area contributed by atoms with Gasteiger partial charge in [0.05, 0.1) is 10.3 Å². The first-order chi connectivity index (χ1) is 9.44. The maximum Gasteiger partial charge on any atom is 0.312 e. The van der Waals surface area contributed by atoms with E-state index in [4.69, 9.17) is 0 Å². The Balaban J connectivity index is 2.80. The summed E-state index contributed by atoms with van der Waals surface area (Å²) in [6.45, 7) is 4.66. The molecule has 1 N–H and O–H groups in total. The Labute approximate surface area is 124 Å². The summed E-state index contributed by atoms with van der Waals surface area (Å²) >= 11 is 0. The van der Waals surface area contributed by atoms with Crippen LogP contribution in [0.4, 0.5) is 0 Å². The molecule has 0 radical (unpaired) electrons. The first-order valence-electron chi connectivity index (χ1n) is 5.93. The molecule has 7 nitrogen and oxygen atoms in total. The lowest BCUT2D eigenvalue weighted by atomic mass is 9.98. The van der Waals surface area contributed by atoms with E-state index >= 15 is 0 Å². The second-order valence-electron chi connectivity index (χ2n) is 5.31. The molecule has 0 aliphatic rings. The zero-order chi connectivity index (χ0) is 16.3. The number of esters is 1. The molecule has 0 aliphatic carbocycles. The number of benzene rings is 1. The molecule has 0 atom stereocenters. The fraction of sp³-hybridized carbons (Fsp3) is 0.417. The molecule has 0 unspecified atom stereocenters. The lowest BCUT2D eigenvalue weighted by molar-refractivity contribution is -0.150. The molecule has 0 fully saturated rings. The van der Waals surface area contributed by atoms with Crippen LogP contribution in [0, 0.1) is 5.41 Å². The van der Waals surface area contributed by atoms with Crippen molar-refractivity contribution in [3.63, 3.8) is 0 Å². The molecule has 21 heavy (non-hydrogen) atoms. The smallest absolute Gasteiger partial charge is 0.312 e. The molecular weight excluding hydrogens is 318 g/mol. The monoisotopic (exact) mass is 335 g/mol. The van der Waals surface area contributed by atoms with E-state index < -0.39 is 37.4 Å². The average molecular weight is 335 g/mol. The Morgan fingerprint density at radius 1 is 1.10 bits per heavy atom. The lowest BCUT2D eigenvalue weighted by Crippen LogP contribution is -2.35. The highest BCUT2D eigenvalue weighted by molar-refractivity contribution is 8.04. The minimum absolute atomic E-state index is 0.198. The summed E-state index contributed by atoms with van der Waals surface area (Å²) in [4.78, 5) is 11.3. The van der Waals surface area contributed by atoms with Gasteiger partial charge in [0.1, 0.15) is 0 Å². The van der Waals surface area contributed by atoms with Gasteiger partial charge in [-0.05, 0) is 32.9 Å². The number of sulfonamides is 2. The van der Waals surface area contributed by atoms with Gasteiger partial charge in [-0.3, -0.25) is 4.79 Å². The fourth-order valence-electron chi connectivity index (χ4n) is 1.19. The summed E-state index contributed by atoms with van der Waals surface area (Å²) in [5.74, 6) is -1.81. The number of hydrogen-bond donors (Lipinski definition) is 1. The zero-order valence-electron chi connectivity index (χ0n) is 11.9. The van der Waals surface area contributed by atoms with Crippen molar-refractivity contribution < 1.29 is 26.4 Å². The van der Waals surface area contributed by atoms with E-state index in [9.17, 15) is 21.6 Å². The molecule has 1 aromatic rings. The van der Waals surface area contributed by atoms with Crippen molar-refractivity contribution in [2.24, 2.45) is 5.41 Å². The predicted octanol–water partition coefficient (Wildman–Crippen LogP) is 0.841. The topological polar surface area (TPSA) is 107 Å². The third-order valence-electron chi connectivity index (χ3n) is 2.25. The zero-order valence-corrected chi connectivity index (χ0v) is 13.5. The molecule has 0 saturated heterocycles. The maximum absolute atomic E-state index is 11.9. The number of carbonyl (C=O) groups is 1. The Kier molecular flexibility index (Phi) is 5.13. The molecule has 1 rings (SSSR count). The largest absolute Gasteiger partial charge is 0.447 e. The number of carbonyl (C=O) groups excluding carboxylic acids is 1. The minimum atomic E-state index is -4.32. The molecular formula is C12H17NO6S2. The van der Waals surface area contributed by atoms with Gasteiger partial charge in [-0.15, -0.1) is 4.13 Å². The van der Waals surface area contributed by atoms with Gasteiger partial charge in [0.25, 0.3) is 20.0 Å². The number of ether oxygens (including phenoxy) is 1. The molecule has 0 saturated carbocycles. The van der Waals surface area contributed by atoms with Crippen molar-refractivity contribution in [3.05, 3.63) is 30.3 Å². The van der Waals surface area contributed by atoms with Crippen LogP contribution in [0.25, 0.3) is 0 Å². The van der Waals surface area contributed by atoms with Gasteiger partial charge in [0, 0.05) is 0 Å². The van der Waals surface area contributed by atoms with Gasteiger partial charge in [0.15, 0.2) is 0 Å². The van der Waals surface area contributed by atoms with Crippen LogP contribution >= 0.6 is 0 Å². The van der Waals surface area contributed by atoms with Crippen LogP contribution in [0.5, 0.6) is 0 Å². The highest BCUT2D eigenvalue weighted by Crippen LogP contribution is 2.15. The number of nitrogens with one attached hydrogen (secondary N) is 1. The summed E-state index contributed by atoms with van der Waals surface area (Å²) in [5.41, 5.74) is -0.881. The van der Waals surface area contributed by atoms with Gasteiger partial charge < -0.3 is 4.74 Å². The van der Waals surface area contributed by atoms with Crippen LogP contribution < -0.4 is 4.13 Å². The molecule has 0 aliphatic heterocycles. The van der Waals surface area contributed by atoms with E-state index in [0.29, 0.717) is 0 Å². The molecule has 1 aromatic carbocycles. The van der Waals surface area contributed by atoms with Crippen LogP contribution in [0.1, 0.15) is 20.8 Å². The number of hydrogen-bond acceptors (Lipinski definition) is 6. The van der Waals surface area contributed by atoms with Crippen molar-refractivity contribution in [2.75, 3.05) is 5.94 Å². The van der Waals surface area contributed by atoms with Gasteiger partial charge >= 0.3 is 5.97 Å². The standard InChI is InChI=1S/C12H17NO6S2/c1-12(2,3)11(14)19-9-20(15,16)13-21(17,18)10-7-5-4-6-8-10/h4-8,13H,9H2,1-3H3. The highest BCUT2D eigenvalue weighted by Gasteiger charge is 2.28. The second-order valence-corrected chi connectivity index (χ2v) is 8.92. The van der Waals surface area contributed by atoms with Crippen molar-refractivity contribution in [2.45, 2.75) is 25.7 Å². The Hall–Kier alpha value is -1.45. The number of rotatable bonds is 5. The van der Waals surface area contributed by atoms with E-state index in [1.165, 1.54) is 28.4 Å². The second kappa shape index (κ2) is 6.12. The molecule has 0 bridgehead atoms. The van der Waals surface area contributed by atoms with Gasteiger partial charge in [-0.1, -0.05) is 18.2 Å². The molecule has 0 heterocycles. The summed E-state index contributed by atoms with van der Waals surface area (Å²) < 4.78 is 53.2. The van der Waals surface area contributed by atoms with E-state index in [0.717, 1.165) is 0 Å². The Bertz CT molecular complexity index is 702. The van der Waals surface area contributed by atoms with Crippen LogP contribution in [-0.2, 0) is 29.6 Å². The van der Waals surface area contributed by atoms with E-state index in [1.807, 2.05) is 0 Å². The first-order valence-corrected chi connectivity index (χ1v) is 9.06. The third-order valence-corrected chi connectivity index (χ3v) is 5.46. The van der Waals surface area contributed by atoms with Crippen molar-refractivity contribution in [3.8, 4) is 0 Å². The van der Waals surface area contributed by atoms with Crippen molar-refractivity contribution in [1.29, 1.82) is 0 Å². The third kappa shape index (κ3) is 5.44.